The van der Waals surface area contributed by atoms with E-state index in [2.05, 4.69) is 20.3 Å². The number of rotatable bonds is 4. The number of carbonyl (C=O) groups excluding carboxylic acids is 1. The van der Waals surface area contributed by atoms with E-state index in [0.29, 0.717) is 10.8 Å². The van der Waals surface area contributed by atoms with Gasteiger partial charge in [-0.15, -0.1) is 0 Å². The third-order valence-corrected chi connectivity index (χ3v) is 4.16. The van der Waals surface area contributed by atoms with Crippen LogP contribution in [0.1, 0.15) is 12.5 Å². The second-order valence-corrected chi connectivity index (χ2v) is 6.36. The van der Waals surface area contributed by atoms with E-state index in [9.17, 15) is 4.79 Å². The molecule has 0 radical (unpaired) electrons. The number of hydrogen-bond acceptors (Lipinski definition) is 4. The maximum absolute atomic E-state index is 12.3. The fourth-order valence-electron chi connectivity index (χ4n) is 2.07. The number of amides is 1. The molecule has 3 aromatic rings. The Hall–Kier alpha value is -2.34. The van der Waals surface area contributed by atoms with Crippen molar-refractivity contribution >= 4 is 34.5 Å². The number of benzene rings is 1. The summed E-state index contributed by atoms with van der Waals surface area (Å²) in [5, 5.41) is 3.35. The van der Waals surface area contributed by atoms with Gasteiger partial charge in [0.15, 0.2) is 10.8 Å². The van der Waals surface area contributed by atoms with Gasteiger partial charge in [-0.05, 0) is 43.7 Å². The van der Waals surface area contributed by atoms with Gasteiger partial charge in [0.25, 0.3) is 0 Å². The molecule has 6 heteroatoms. The molecule has 22 heavy (non-hydrogen) atoms. The van der Waals surface area contributed by atoms with Gasteiger partial charge in [0, 0.05) is 11.9 Å². The van der Waals surface area contributed by atoms with E-state index in [1.807, 2.05) is 50.2 Å². The molecule has 0 fully saturated rings. The zero-order chi connectivity index (χ0) is 15.5. The third-order valence-electron chi connectivity index (χ3n) is 3.18. The summed E-state index contributed by atoms with van der Waals surface area (Å²) in [6.07, 6.45) is 1.70. The number of imidazole rings is 1. The number of nitrogens with zero attached hydrogens (tertiary/aromatic N) is 2. The fourth-order valence-corrected chi connectivity index (χ4v) is 2.88. The lowest BCUT2D eigenvalue weighted by Crippen LogP contribution is -2.22. The molecule has 112 valence electrons. The van der Waals surface area contributed by atoms with Crippen molar-refractivity contribution in [2.45, 2.75) is 24.3 Å². The Morgan fingerprint density at radius 2 is 2.18 bits per heavy atom. The first kappa shape index (κ1) is 14.6. The van der Waals surface area contributed by atoms with Crippen LogP contribution in [0.15, 0.2) is 47.8 Å². The Balaban J connectivity index is 1.68. The fraction of sp³-hybridized carbons (Fsp3) is 0.188. The van der Waals surface area contributed by atoms with Crippen LogP contribution in [0.3, 0.4) is 0 Å². The summed E-state index contributed by atoms with van der Waals surface area (Å²) in [7, 11) is 0. The van der Waals surface area contributed by atoms with Crippen LogP contribution in [0.4, 0.5) is 5.69 Å². The van der Waals surface area contributed by atoms with E-state index in [1.54, 1.807) is 6.20 Å². The molecule has 2 N–H and O–H groups in total. The second kappa shape index (κ2) is 6.19. The van der Waals surface area contributed by atoms with E-state index >= 15 is 0 Å². The lowest BCUT2D eigenvalue weighted by Gasteiger charge is -2.10. The summed E-state index contributed by atoms with van der Waals surface area (Å²) in [5.74, 6) is -0.0518. The van der Waals surface area contributed by atoms with Crippen molar-refractivity contribution in [2.75, 3.05) is 5.32 Å². The number of fused-ring (bicyclic) bond motifs is 1. The number of H-pyrrole nitrogens is 1. The van der Waals surface area contributed by atoms with Crippen LogP contribution >= 0.6 is 11.8 Å². The summed E-state index contributed by atoms with van der Waals surface area (Å²) in [6, 6.07) is 11.5. The maximum Gasteiger partial charge on any atom is 0.237 e. The molecule has 2 heterocycles. The van der Waals surface area contributed by atoms with Gasteiger partial charge in [-0.2, -0.15) is 0 Å². The Morgan fingerprint density at radius 1 is 1.32 bits per heavy atom. The molecule has 0 aliphatic rings. The van der Waals surface area contributed by atoms with Crippen molar-refractivity contribution in [1.29, 1.82) is 0 Å². The summed E-state index contributed by atoms with van der Waals surface area (Å²) in [4.78, 5) is 24.0. The highest BCUT2D eigenvalue weighted by Gasteiger charge is 2.17. The number of aromatic amines is 1. The van der Waals surface area contributed by atoms with Gasteiger partial charge < -0.3 is 10.3 Å². The number of aryl methyl sites for hydroxylation is 1. The number of nitrogens with one attached hydrogen (secondary N) is 2. The Morgan fingerprint density at radius 3 is 2.95 bits per heavy atom. The van der Waals surface area contributed by atoms with Crippen LogP contribution in [0.5, 0.6) is 0 Å². The molecule has 0 bridgehead atoms. The molecule has 0 saturated carbocycles. The molecule has 3 rings (SSSR count). The van der Waals surface area contributed by atoms with E-state index in [1.165, 1.54) is 11.8 Å². The van der Waals surface area contributed by atoms with Gasteiger partial charge in [0.2, 0.25) is 5.91 Å². The Bertz CT molecular complexity index is 782. The Kier molecular flexibility index (Phi) is 4.11. The van der Waals surface area contributed by atoms with Crippen LogP contribution in [0.2, 0.25) is 0 Å². The average Bonchev–Trinajstić information content (AvgIpc) is 2.89. The monoisotopic (exact) mass is 312 g/mol. The predicted molar refractivity (Wildman–Crippen MR) is 89.0 cm³/mol. The largest absolute Gasteiger partial charge is 0.332 e. The maximum atomic E-state index is 12.3. The summed E-state index contributed by atoms with van der Waals surface area (Å²) in [5.41, 5.74) is 3.46. The standard InChI is InChI=1S/C16H16N4OS/c1-10-5-3-6-12(9-10)18-15(21)11(2)22-16-19-13-7-4-8-17-14(13)20-16/h3-9,11H,1-2H3,(H,18,21)(H,17,19,20)/t11-/m1/s1. The Labute approximate surface area is 132 Å². The van der Waals surface area contributed by atoms with E-state index < -0.39 is 0 Å². The molecule has 5 nitrogen and oxygen atoms in total. The van der Waals surface area contributed by atoms with Gasteiger partial charge in [0.05, 0.1) is 10.8 Å². The van der Waals surface area contributed by atoms with Crippen molar-refractivity contribution in [3.63, 3.8) is 0 Å². The van der Waals surface area contributed by atoms with Gasteiger partial charge in [-0.1, -0.05) is 23.9 Å². The van der Waals surface area contributed by atoms with Crippen molar-refractivity contribution in [1.82, 2.24) is 15.0 Å². The number of anilines is 1. The summed E-state index contributed by atoms with van der Waals surface area (Å²) in [6.45, 7) is 3.85. The molecule has 2 aromatic heterocycles. The first-order valence-corrected chi connectivity index (χ1v) is 7.85. The number of pyridine rings is 1. The van der Waals surface area contributed by atoms with Gasteiger partial charge in [-0.3, -0.25) is 4.79 Å². The normalized spacial score (nSPS) is 12.3. The van der Waals surface area contributed by atoms with Crippen LogP contribution in [0, 0.1) is 6.92 Å². The number of carbonyl (C=O) groups is 1. The van der Waals surface area contributed by atoms with Crippen LogP contribution < -0.4 is 5.32 Å². The highest BCUT2D eigenvalue weighted by Crippen LogP contribution is 2.23. The zero-order valence-electron chi connectivity index (χ0n) is 12.3. The lowest BCUT2D eigenvalue weighted by atomic mass is 10.2. The predicted octanol–water partition coefficient (Wildman–Crippen LogP) is 3.39. The second-order valence-electron chi connectivity index (χ2n) is 5.04. The molecular formula is C16H16N4OS. The highest BCUT2D eigenvalue weighted by atomic mass is 32.2. The molecule has 0 unspecified atom stereocenters. The van der Waals surface area contributed by atoms with Gasteiger partial charge in [0.1, 0.15) is 0 Å². The molecule has 1 amide bonds. The molecule has 0 saturated heterocycles. The van der Waals surface area contributed by atoms with Crippen molar-refractivity contribution < 1.29 is 4.79 Å². The molecule has 1 atom stereocenters. The molecule has 0 spiro atoms. The molecular weight excluding hydrogens is 296 g/mol. The van der Waals surface area contributed by atoms with Crippen molar-refractivity contribution in [2.24, 2.45) is 0 Å². The minimum Gasteiger partial charge on any atom is -0.332 e. The first-order valence-electron chi connectivity index (χ1n) is 6.97. The number of thioether (sulfide) groups is 1. The molecule has 0 aliphatic carbocycles. The smallest absolute Gasteiger partial charge is 0.237 e. The first-order chi connectivity index (χ1) is 10.6. The zero-order valence-corrected chi connectivity index (χ0v) is 13.1. The van der Waals surface area contributed by atoms with Crippen LogP contribution in [0.25, 0.3) is 11.2 Å². The minimum absolute atomic E-state index is 0.0518. The number of aromatic nitrogens is 3. The third kappa shape index (κ3) is 3.28. The highest BCUT2D eigenvalue weighted by molar-refractivity contribution is 8.00. The van der Waals surface area contributed by atoms with Crippen molar-refractivity contribution in [3.8, 4) is 0 Å². The van der Waals surface area contributed by atoms with Gasteiger partial charge >= 0.3 is 0 Å². The lowest BCUT2D eigenvalue weighted by molar-refractivity contribution is -0.115. The van der Waals surface area contributed by atoms with Gasteiger partial charge in [-0.25, -0.2) is 9.97 Å². The minimum atomic E-state index is -0.263. The quantitative estimate of drug-likeness (QED) is 0.725. The topological polar surface area (TPSA) is 70.7 Å². The SMILES string of the molecule is Cc1cccc(NC(=O)[C@@H](C)Sc2nc3ncccc3[nH]2)c1. The van der Waals surface area contributed by atoms with E-state index in [0.717, 1.165) is 16.8 Å². The van der Waals surface area contributed by atoms with E-state index in [4.69, 9.17) is 0 Å². The van der Waals surface area contributed by atoms with Crippen LogP contribution in [-0.4, -0.2) is 26.1 Å². The van der Waals surface area contributed by atoms with Crippen molar-refractivity contribution in [3.05, 3.63) is 48.2 Å². The number of hydrogen-bond donors (Lipinski definition) is 2. The molecule has 0 aliphatic heterocycles. The van der Waals surface area contributed by atoms with Crippen LogP contribution in [-0.2, 0) is 4.79 Å². The molecule has 1 aromatic carbocycles. The van der Waals surface area contributed by atoms with E-state index in [-0.39, 0.29) is 11.2 Å². The summed E-state index contributed by atoms with van der Waals surface area (Å²) < 4.78 is 0. The summed E-state index contributed by atoms with van der Waals surface area (Å²) >= 11 is 1.38. The average molecular weight is 312 g/mol.